The lowest BCUT2D eigenvalue weighted by Gasteiger charge is -2.41. The first-order valence-corrected chi connectivity index (χ1v) is 12.9. The van der Waals surface area contributed by atoms with Gasteiger partial charge in [-0.25, -0.2) is 0 Å². The normalized spacial score (nSPS) is 17.8. The maximum Gasteiger partial charge on any atom is 0.255 e. The number of carbonyl (C=O) groups is 1. The molecule has 2 aromatic rings. The quantitative estimate of drug-likeness (QED) is 0.476. The molecule has 5 nitrogen and oxygen atoms in total. The summed E-state index contributed by atoms with van der Waals surface area (Å²) < 4.78 is 0.981. The van der Waals surface area contributed by atoms with Crippen molar-refractivity contribution in [2.24, 2.45) is 0 Å². The largest absolute Gasteiger partial charge is 0.397 e. The maximum absolute atomic E-state index is 12.5. The van der Waals surface area contributed by atoms with E-state index >= 15 is 0 Å². The van der Waals surface area contributed by atoms with Gasteiger partial charge in [-0.15, -0.1) is 0 Å². The highest BCUT2D eigenvalue weighted by molar-refractivity contribution is 8.22. The van der Waals surface area contributed by atoms with E-state index in [4.69, 9.17) is 18.0 Å². The molecule has 1 amide bonds. The zero-order valence-electron chi connectivity index (χ0n) is 18.5. The molecule has 0 aromatic heterocycles. The monoisotopic (exact) mass is 468 g/mol. The van der Waals surface area contributed by atoms with Crippen molar-refractivity contribution in [1.29, 1.82) is 0 Å². The van der Waals surface area contributed by atoms with Crippen LogP contribution < -0.4 is 11.1 Å². The number of hydrogen-bond acceptors (Lipinski definition) is 5. The fourth-order valence-corrected chi connectivity index (χ4v) is 5.72. The Morgan fingerprint density at radius 2 is 1.69 bits per heavy atom. The van der Waals surface area contributed by atoms with E-state index in [1.807, 2.05) is 36.4 Å². The second-order valence-corrected chi connectivity index (χ2v) is 10.2. The highest BCUT2D eigenvalue weighted by Gasteiger charge is 2.26. The Bertz CT molecular complexity index is 920. The van der Waals surface area contributed by atoms with Gasteiger partial charge in [0.2, 0.25) is 0 Å². The van der Waals surface area contributed by atoms with Crippen molar-refractivity contribution < 1.29 is 4.79 Å². The van der Waals surface area contributed by atoms with Crippen LogP contribution in [0.25, 0.3) is 0 Å². The van der Waals surface area contributed by atoms with Crippen LogP contribution in [-0.4, -0.2) is 52.2 Å². The lowest BCUT2D eigenvalue weighted by molar-refractivity contribution is 0.102. The van der Waals surface area contributed by atoms with Gasteiger partial charge in [-0.1, -0.05) is 67.5 Å². The molecule has 1 saturated heterocycles. The molecule has 0 unspecified atom stereocenters. The zero-order valence-corrected chi connectivity index (χ0v) is 20.1. The molecule has 1 aliphatic carbocycles. The first-order valence-electron chi connectivity index (χ1n) is 11.5. The van der Waals surface area contributed by atoms with E-state index in [2.05, 4.69) is 15.1 Å². The SMILES string of the molecule is Nc1ccccc1NC(=O)c1ccc(CSC(=S)N2CCN(C3CCCCC3)CC2)cc1. The number of thiocarbonyl (C=S) groups is 1. The first-order chi connectivity index (χ1) is 15.6. The molecular formula is C25H32N4OS2. The van der Waals surface area contributed by atoms with Gasteiger partial charge >= 0.3 is 0 Å². The summed E-state index contributed by atoms with van der Waals surface area (Å²) in [5.74, 6) is 0.656. The molecule has 2 fully saturated rings. The van der Waals surface area contributed by atoms with Gasteiger partial charge in [0.25, 0.3) is 5.91 Å². The van der Waals surface area contributed by atoms with Crippen molar-refractivity contribution in [2.45, 2.75) is 43.9 Å². The fraction of sp³-hybridized carbons (Fsp3) is 0.440. The number of para-hydroxylation sites is 2. The zero-order chi connectivity index (χ0) is 22.3. The van der Waals surface area contributed by atoms with E-state index in [-0.39, 0.29) is 5.91 Å². The molecule has 0 spiro atoms. The third kappa shape index (κ3) is 6.03. The number of rotatable bonds is 5. The van der Waals surface area contributed by atoms with Crippen molar-refractivity contribution in [3.05, 3.63) is 59.7 Å². The summed E-state index contributed by atoms with van der Waals surface area (Å²) >= 11 is 7.43. The van der Waals surface area contributed by atoms with Crippen molar-refractivity contribution in [1.82, 2.24) is 9.80 Å². The Morgan fingerprint density at radius 1 is 1.00 bits per heavy atom. The Morgan fingerprint density at radius 3 is 2.38 bits per heavy atom. The number of piperazine rings is 1. The molecule has 32 heavy (non-hydrogen) atoms. The van der Waals surface area contributed by atoms with Gasteiger partial charge in [0.05, 0.1) is 11.4 Å². The van der Waals surface area contributed by atoms with E-state index < -0.39 is 0 Å². The third-order valence-electron chi connectivity index (χ3n) is 6.45. The lowest BCUT2D eigenvalue weighted by atomic mass is 9.94. The van der Waals surface area contributed by atoms with Gasteiger partial charge < -0.3 is 16.0 Å². The summed E-state index contributed by atoms with van der Waals surface area (Å²) in [5, 5.41) is 2.87. The van der Waals surface area contributed by atoms with Crippen LogP contribution in [0.5, 0.6) is 0 Å². The van der Waals surface area contributed by atoms with Gasteiger partial charge in [-0.05, 0) is 42.7 Å². The predicted octanol–water partition coefficient (Wildman–Crippen LogP) is 4.99. The van der Waals surface area contributed by atoms with E-state index in [1.54, 1.807) is 23.9 Å². The minimum atomic E-state index is -0.159. The number of anilines is 2. The molecular weight excluding hydrogens is 436 g/mol. The Kier molecular flexibility index (Phi) is 8.05. The second kappa shape index (κ2) is 11.2. The minimum absolute atomic E-state index is 0.159. The summed E-state index contributed by atoms with van der Waals surface area (Å²) in [5.41, 5.74) is 8.87. The van der Waals surface area contributed by atoms with E-state index in [0.717, 1.165) is 47.9 Å². The van der Waals surface area contributed by atoms with Crippen molar-refractivity contribution >= 4 is 45.6 Å². The fourth-order valence-electron chi connectivity index (χ4n) is 4.51. The van der Waals surface area contributed by atoms with Gasteiger partial charge in [0.1, 0.15) is 4.32 Å². The van der Waals surface area contributed by atoms with Crippen LogP contribution in [0.4, 0.5) is 11.4 Å². The first kappa shape index (κ1) is 23.1. The van der Waals surface area contributed by atoms with Gasteiger partial charge in [0, 0.05) is 43.5 Å². The molecule has 1 aliphatic heterocycles. The second-order valence-electron chi connectivity index (χ2n) is 8.61. The summed E-state index contributed by atoms with van der Waals surface area (Å²) in [6.45, 7) is 4.32. The van der Waals surface area contributed by atoms with Crippen LogP contribution in [0.1, 0.15) is 48.0 Å². The van der Waals surface area contributed by atoms with Crippen LogP contribution in [0, 0.1) is 0 Å². The molecule has 3 N–H and O–H groups in total. The Balaban J connectivity index is 1.22. The summed E-state index contributed by atoms with van der Waals surface area (Å²) in [6, 6.07) is 15.8. The molecule has 2 aromatic carbocycles. The minimum Gasteiger partial charge on any atom is -0.397 e. The predicted molar refractivity (Wildman–Crippen MR) is 139 cm³/mol. The van der Waals surface area contributed by atoms with Crippen molar-refractivity contribution in [2.75, 3.05) is 37.2 Å². The number of nitrogen functional groups attached to an aromatic ring is 1. The molecule has 0 bridgehead atoms. The number of nitrogens with zero attached hydrogens (tertiary/aromatic N) is 2. The molecule has 2 aliphatic rings. The Labute approximate surface area is 200 Å². The van der Waals surface area contributed by atoms with Crippen LogP contribution in [0.3, 0.4) is 0 Å². The van der Waals surface area contributed by atoms with Gasteiger partial charge in [-0.3, -0.25) is 9.69 Å². The number of thioether (sulfide) groups is 1. The summed E-state index contributed by atoms with van der Waals surface area (Å²) in [4.78, 5) is 17.5. The maximum atomic E-state index is 12.5. The number of carbonyl (C=O) groups excluding carboxylic acids is 1. The average Bonchev–Trinajstić information content (AvgIpc) is 2.85. The molecule has 1 heterocycles. The molecule has 0 atom stereocenters. The van der Waals surface area contributed by atoms with Crippen LogP contribution in [0.2, 0.25) is 0 Å². The van der Waals surface area contributed by atoms with Crippen LogP contribution in [0.15, 0.2) is 48.5 Å². The number of nitrogens with one attached hydrogen (secondary N) is 1. The van der Waals surface area contributed by atoms with Crippen LogP contribution >= 0.6 is 24.0 Å². The van der Waals surface area contributed by atoms with Crippen molar-refractivity contribution in [3.63, 3.8) is 0 Å². The number of nitrogens with two attached hydrogens (primary N) is 1. The van der Waals surface area contributed by atoms with Gasteiger partial charge in [-0.2, -0.15) is 0 Å². The standard InChI is InChI=1S/C25H32N4OS2/c26-22-8-4-5-9-23(22)27-24(30)20-12-10-19(11-13-20)18-32-25(31)29-16-14-28(15-17-29)21-6-2-1-3-7-21/h4-5,8-13,21H,1-3,6-7,14-18,26H2,(H,27,30). The Hall–Kier alpha value is -2.09. The number of benzene rings is 2. The van der Waals surface area contributed by atoms with E-state index in [1.165, 1.54) is 32.1 Å². The lowest BCUT2D eigenvalue weighted by Crippen LogP contribution is -2.51. The average molecular weight is 469 g/mol. The summed E-state index contributed by atoms with van der Waals surface area (Å²) in [6.07, 6.45) is 6.92. The van der Waals surface area contributed by atoms with E-state index in [9.17, 15) is 4.79 Å². The number of amides is 1. The third-order valence-corrected chi connectivity index (χ3v) is 8.05. The molecule has 170 valence electrons. The van der Waals surface area contributed by atoms with Crippen LogP contribution in [-0.2, 0) is 5.75 Å². The molecule has 1 saturated carbocycles. The smallest absolute Gasteiger partial charge is 0.255 e. The van der Waals surface area contributed by atoms with E-state index in [0.29, 0.717) is 16.9 Å². The number of hydrogen-bond donors (Lipinski definition) is 2. The van der Waals surface area contributed by atoms with Crippen molar-refractivity contribution in [3.8, 4) is 0 Å². The summed E-state index contributed by atoms with van der Waals surface area (Å²) in [7, 11) is 0. The van der Waals surface area contributed by atoms with Gasteiger partial charge in [0.15, 0.2) is 0 Å². The highest BCUT2D eigenvalue weighted by atomic mass is 32.2. The molecule has 7 heteroatoms. The molecule has 0 radical (unpaired) electrons. The molecule has 4 rings (SSSR count). The topological polar surface area (TPSA) is 61.6 Å². The highest BCUT2D eigenvalue weighted by Crippen LogP contribution is 2.25.